The van der Waals surface area contributed by atoms with Crippen LogP contribution in [0.1, 0.15) is 25.8 Å². The molecule has 0 aliphatic carbocycles. The van der Waals surface area contributed by atoms with E-state index in [0.717, 1.165) is 5.56 Å². The summed E-state index contributed by atoms with van der Waals surface area (Å²) in [4.78, 5) is 25.6. The van der Waals surface area contributed by atoms with E-state index in [9.17, 15) is 14.7 Å². The molecule has 1 aliphatic rings. The molecule has 1 aromatic carbocycles. The number of piperazine rings is 1. The summed E-state index contributed by atoms with van der Waals surface area (Å²) in [7, 11) is 0. The fraction of sp³-hybridized carbons (Fsp3) is 0.429. The van der Waals surface area contributed by atoms with Gasteiger partial charge < -0.3 is 15.3 Å². The molecule has 102 valence electrons. The molecule has 1 saturated heterocycles. The fourth-order valence-corrected chi connectivity index (χ4v) is 2.18. The lowest BCUT2D eigenvalue weighted by Crippen LogP contribution is -2.61. The number of aromatic hydroxyl groups is 1. The maximum Gasteiger partial charge on any atom is 0.246 e. The number of hydrogen-bond donors (Lipinski definition) is 2. The van der Waals surface area contributed by atoms with Crippen molar-refractivity contribution in [3.8, 4) is 5.75 Å². The number of nitrogens with one attached hydrogen (secondary N) is 1. The summed E-state index contributed by atoms with van der Waals surface area (Å²) in [5.41, 5.74) is 0.891. The first-order chi connectivity index (χ1) is 9.02. The average molecular weight is 262 g/mol. The van der Waals surface area contributed by atoms with Crippen molar-refractivity contribution in [3.05, 3.63) is 29.8 Å². The Bertz CT molecular complexity index is 484. The van der Waals surface area contributed by atoms with Gasteiger partial charge in [-0.25, -0.2) is 0 Å². The van der Waals surface area contributed by atoms with E-state index in [0.29, 0.717) is 13.0 Å². The zero-order chi connectivity index (χ0) is 14.0. The Morgan fingerprint density at radius 2 is 1.89 bits per heavy atom. The molecule has 1 aromatic rings. The second-order valence-corrected chi connectivity index (χ2v) is 4.78. The summed E-state index contributed by atoms with van der Waals surface area (Å²) in [5, 5.41) is 12.0. The Kier molecular flexibility index (Phi) is 3.74. The molecule has 2 rings (SSSR count). The quantitative estimate of drug-likeness (QED) is 0.854. The third kappa shape index (κ3) is 2.70. The van der Waals surface area contributed by atoms with Crippen LogP contribution in [0, 0.1) is 0 Å². The van der Waals surface area contributed by atoms with Crippen molar-refractivity contribution in [1.29, 1.82) is 0 Å². The minimum absolute atomic E-state index is 0.0531. The summed E-state index contributed by atoms with van der Waals surface area (Å²) >= 11 is 0. The summed E-state index contributed by atoms with van der Waals surface area (Å²) in [6, 6.07) is 5.76. The van der Waals surface area contributed by atoms with E-state index in [-0.39, 0.29) is 17.6 Å². The molecule has 2 atom stereocenters. The third-order valence-electron chi connectivity index (χ3n) is 3.44. The molecule has 5 nitrogen and oxygen atoms in total. The van der Waals surface area contributed by atoms with Crippen LogP contribution in [0.4, 0.5) is 0 Å². The lowest BCUT2D eigenvalue weighted by atomic mass is 10.0. The van der Waals surface area contributed by atoms with Crippen molar-refractivity contribution in [2.24, 2.45) is 0 Å². The minimum Gasteiger partial charge on any atom is -0.508 e. The van der Waals surface area contributed by atoms with Crippen molar-refractivity contribution in [2.75, 3.05) is 0 Å². The van der Waals surface area contributed by atoms with Gasteiger partial charge in [0.2, 0.25) is 11.8 Å². The molecular weight excluding hydrogens is 244 g/mol. The molecule has 0 radical (unpaired) electrons. The van der Waals surface area contributed by atoms with Gasteiger partial charge in [0.15, 0.2) is 0 Å². The normalized spacial score (nSPS) is 23.4. The number of benzene rings is 1. The van der Waals surface area contributed by atoms with Crippen molar-refractivity contribution >= 4 is 11.8 Å². The standard InChI is InChI=1S/C14H18N2O3/c1-3-12-14(19)16(9(2)13(18)15-12)8-10-4-6-11(17)7-5-10/h4-7,9,12,17H,3,8H2,1-2H3,(H,15,18). The van der Waals surface area contributed by atoms with Crippen molar-refractivity contribution in [3.63, 3.8) is 0 Å². The highest BCUT2D eigenvalue weighted by atomic mass is 16.3. The molecule has 0 bridgehead atoms. The van der Waals surface area contributed by atoms with Gasteiger partial charge in [0, 0.05) is 6.54 Å². The van der Waals surface area contributed by atoms with E-state index < -0.39 is 12.1 Å². The molecule has 2 unspecified atom stereocenters. The van der Waals surface area contributed by atoms with Crippen LogP contribution < -0.4 is 5.32 Å². The average Bonchev–Trinajstić information content (AvgIpc) is 2.41. The van der Waals surface area contributed by atoms with Gasteiger partial charge in [-0.2, -0.15) is 0 Å². The van der Waals surface area contributed by atoms with Crippen LogP contribution in [0.25, 0.3) is 0 Å². The first-order valence-corrected chi connectivity index (χ1v) is 6.41. The number of carbonyl (C=O) groups is 2. The molecule has 0 aromatic heterocycles. The van der Waals surface area contributed by atoms with Crippen LogP contribution in [0.2, 0.25) is 0 Å². The Labute approximate surface area is 112 Å². The van der Waals surface area contributed by atoms with E-state index in [1.807, 2.05) is 6.92 Å². The van der Waals surface area contributed by atoms with Crippen LogP contribution in [0.3, 0.4) is 0 Å². The summed E-state index contributed by atoms with van der Waals surface area (Å²) in [6.45, 7) is 3.97. The number of rotatable bonds is 3. The summed E-state index contributed by atoms with van der Waals surface area (Å²) in [5.74, 6) is 0.0128. The summed E-state index contributed by atoms with van der Waals surface area (Å²) < 4.78 is 0. The highest BCUT2D eigenvalue weighted by Gasteiger charge is 2.36. The predicted molar refractivity (Wildman–Crippen MR) is 70.3 cm³/mol. The van der Waals surface area contributed by atoms with Crippen molar-refractivity contribution in [1.82, 2.24) is 10.2 Å². The molecular formula is C14H18N2O3. The third-order valence-corrected chi connectivity index (χ3v) is 3.44. The van der Waals surface area contributed by atoms with E-state index in [1.165, 1.54) is 0 Å². The Hall–Kier alpha value is -2.04. The van der Waals surface area contributed by atoms with Gasteiger partial charge in [0.05, 0.1) is 0 Å². The first kappa shape index (κ1) is 13.4. The predicted octanol–water partition coefficient (Wildman–Crippen LogP) is 1.02. The zero-order valence-corrected chi connectivity index (χ0v) is 11.1. The number of phenols is 1. The molecule has 0 spiro atoms. The van der Waals surface area contributed by atoms with Gasteiger partial charge >= 0.3 is 0 Å². The molecule has 1 heterocycles. The van der Waals surface area contributed by atoms with Crippen LogP contribution in [0.5, 0.6) is 5.75 Å². The first-order valence-electron chi connectivity index (χ1n) is 6.41. The van der Waals surface area contributed by atoms with Crippen LogP contribution in [-0.4, -0.2) is 33.9 Å². The van der Waals surface area contributed by atoms with Gasteiger partial charge in [-0.3, -0.25) is 9.59 Å². The molecule has 1 fully saturated rings. The summed E-state index contributed by atoms with van der Waals surface area (Å²) in [6.07, 6.45) is 0.587. The highest BCUT2D eigenvalue weighted by Crippen LogP contribution is 2.17. The molecule has 1 aliphatic heterocycles. The van der Waals surface area contributed by atoms with Gasteiger partial charge in [-0.1, -0.05) is 19.1 Å². The van der Waals surface area contributed by atoms with Gasteiger partial charge in [0.25, 0.3) is 0 Å². The molecule has 5 heteroatoms. The topological polar surface area (TPSA) is 69.6 Å². The van der Waals surface area contributed by atoms with E-state index in [4.69, 9.17) is 0 Å². The van der Waals surface area contributed by atoms with Crippen LogP contribution in [-0.2, 0) is 16.1 Å². The molecule has 0 saturated carbocycles. The number of amides is 2. The number of hydrogen-bond acceptors (Lipinski definition) is 3. The van der Waals surface area contributed by atoms with Crippen molar-refractivity contribution in [2.45, 2.75) is 38.9 Å². The number of carbonyl (C=O) groups excluding carboxylic acids is 2. The zero-order valence-electron chi connectivity index (χ0n) is 11.1. The maximum atomic E-state index is 12.2. The largest absolute Gasteiger partial charge is 0.508 e. The second-order valence-electron chi connectivity index (χ2n) is 4.78. The Morgan fingerprint density at radius 3 is 2.47 bits per heavy atom. The molecule has 2 N–H and O–H groups in total. The lowest BCUT2D eigenvalue weighted by molar-refractivity contribution is -0.149. The lowest BCUT2D eigenvalue weighted by Gasteiger charge is -2.37. The monoisotopic (exact) mass is 262 g/mol. The molecule has 19 heavy (non-hydrogen) atoms. The fourth-order valence-electron chi connectivity index (χ4n) is 2.18. The minimum atomic E-state index is -0.468. The van der Waals surface area contributed by atoms with Gasteiger partial charge in [-0.05, 0) is 31.0 Å². The van der Waals surface area contributed by atoms with Crippen LogP contribution >= 0.6 is 0 Å². The highest BCUT2D eigenvalue weighted by molar-refractivity contribution is 5.96. The number of phenolic OH excluding ortho intramolecular Hbond substituents is 1. The maximum absolute atomic E-state index is 12.2. The van der Waals surface area contributed by atoms with E-state index >= 15 is 0 Å². The smallest absolute Gasteiger partial charge is 0.246 e. The number of nitrogens with zero attached hydrogens (tertiary/aromatic N) is 1. The van der Waals surface area contributed by atoms with Gasteiger partial charge in [0.1, 0.15) is 17.8 Å². The Balaban J connectivity index is 2.18. The van der Waals surface area contributed by atoms with Gasteiger partial charge in [-0.15, -0.1) is 0 Å². The van der Waals surface area contributed by atoms with Crippen LogP contribution in [0.15, 0.2) is 24.3 Å². The second kappa shape index (κ2) is 5.30. The molecule has 2 amide bonds. The van der Waals surface area contributed by atoms with E-state index in [2.05, 4.69) is 5.32 Å². The Morgan fingerprint density at radius 1 is 1.26 bits per heavy atom. The van der Waals surface area contributed by atoms with E-state index in [1.54, 1.807) is 36.1 Å². The SMILES string of the molecule is CCC1NC(=O)C(C)N(Cc2ccc(O)cc2)C1=O. The van der Waals surface area contributed by atoms with Crippen molar-refractivity contribution < 1.29 is 14.7 Å².